The lowest BCUT2D eigenvalue weighted by atomic mass is 10.2. The Kier molecular flexibility index (Phi) is 6.46. The molecule has 0 radical (unpaired) electrons. The highest BCUT2D eigenvalue weighted by Crippen LogP contribution is 2.10. The number of hydrogen-bond acceptors (Lipinski definition) is 2. The molecule has 0 aliphatic heterocycles. The van der Waals surface area contributed by atoms with Crippen molar-refractivity contribution in [3.8, 4) is 0 Å². The van der Waals surface area contributed by atoms with Gasteiger partial charge >= 0.3 is 0 Å². The lowest BCUT2D eigenvalue weighted by Crippen LogP contribution is -2.27. The van der Waals surface area contributed by atoms with Crippen LogP contribution in [0.25, 0.3) is 0 Å². The number of rotatable bonds is 7. The molecule has 0 bridgehead atoms. The van der Waals surface area contributed by atoms with Crippen molar-refractivity contribution in [2.75, 3.05) is 13.1 Å². The van der Waals surface area contributed by atoms with Crippen molar-refractivity contribution >= 4 is 11.6 Å². The summed E-state index contributed by atoms with van der Waals surface area (Å²) in [5.41, 5.74) is 1.16. The van der Waals surface area contributed by atoms with Gasteiger partial charge in [-0.3, -0.25) is 0 Å². The largest absolute Gasteiger partial charge is 0.373 e. The van der Waals surface area contributed by atoms with Gasteiger partial charge in [0, 0.05) is 11.6 Å². The van der Waals surface area contributed by atoms with Crippen molar-refractivity contribution in [1.82, 2.24) is 5.32 Å². The molecule has 1 unspecified atom stereocenters. The maximum absolute atomic E-state index is 5.81. The molecule has 1 aromatic carbocycles. The molecule has 1 atom stereocenters. The van der Waals surface area contributed by atoms with E-state index in [1.165, 1.54) is 0 Å². The fraction of sp³-hybridized carbons (Fsp3) is 0.538. The third-order valence-electron chi connectivity index (χ3n) is 2.31. The minimum Gasteiger partial charge on any atom is -0.373 e. The van der Waals surface area contributed by atoms with Crippen LogP contribution in [0, 0.1) is 0 Å². The molecule has 0 aliphatic rings. The van der Waals surface area contributed by atoms with Crippen LogP contribution < -0.4 is 5.32 Å². The quantitative estimate of drug-likeness (QED) is 0.740. The van der Waals surface area contributed by atoms with Gasteiger partial charge in [0.05, 0.1) is 12.7 Å². The maximum Gasteiger partial charge on any atom is 0.0721 e. The Morgan fingerprint density at radius 3 is 2.62 bits per heavy atom. The molecule has 0 aromatic heterocycles. The Morgan fingerprint density at radius 1 is 1.31 bits per heavy atom. The van der Waals surface area contributed by atoms with Crippen molar-refractivity contribution in [3.63, 3.8) is 0 Å². The first-order valence-electron chi connectivity index (χ1n) is 5.79. The van der Waals surface area contributed by atoms with E-state index in [0.29, 0.717) is 6.61 Å². The molecule has 0 aliphatic carbocycles. The van der Waals surface area contributed by atoms with Crippen LogP contribution in [0.4, 0.5) is 0 Å². The van der Waals surface area contributed by atoms with Gasteiger partial charge in [-0.15, -0.1) is 0 Å². The highest BCUT2D eigenvalue weighted by molar-refractivity contribution is 6.30. The summed E-state index contributed by atoms with van der Waals surface area (Å²) < 4.78 is 5.71. The van der Waals surface area contributed by atoms with Crippen molar-refractivity contribution in [2.45, 2.75) is 33.0 Å². The van der Waals surface area contributed by atoms with Gasteiger partial charge in [-0.05, 0) is 37.6 Å². The van der Waals surface area contributed by atoms with Crippen LogP contribution in [0.2, 0.25) is 5.02 Å². The third-order valence-corrected chi connectivity index (χ3v) is 2.56. The highest BCUT2D eigenvalue weighted by Gasteiger charge is 2.01. The number of ether oxygens (including phenoxy) is 1. The Hall–Kier alpha value is -0.570. The number of hydrogen-bond donors (Lipinski definition) is 1. The molecule has 3 heteroatoms. The molecular weight excluding hydrogens is 222 g/mol. The summed E-state index contributed by atoms with van der Waals surface area (Å²) in [6.45, 7) is 6.84. The van der Waals surface area contributed by atoms with Crippen LogP contribution in [0.5, 0.6) is 0 Å². The summed E-state index contributed by atoms with van der Waals surface area (Å²) in [6.07, 6.45) is 1.39. The second-order valence-corrected chi connectivity index (χ2v) is 4.39. The molecule has 0 spiro atoms. The van der Waals surface area contributed by atoms with Crippen LogP contribution in [-0.4, -0.2) is 19.2 Å². The van der Waals surface area contributed by atoms with Crippen LogP contribution >= 0.6 is 11.6 Å². The lowest BCUT2D eigenvalue weighted by Gasteiger charge is -2.13. The Balaban J connectivity index is 2.20. The Labute approximate surface area is 103 Å². The Morgan fingerprint density at radius 2 is 2.00 bits per heavy atom. The molecule has 1 rings (SSSR count). The normalized spacial score (nSPS) is 12.7. The predicted octanol–water partition coefficient (Wildman–Crippen LogP) is 3.24. The van der Waals surface area contributed by atoms with Crippen LogP contribution in [0.3, 0.4) is 0 Å². The van der Waals surface area contributed by atoms with Crippen molar-refractivity contribution in [3.05, 3.63) is 34.9 Å². The van der Waals surface area contributed by atoms with Crippen molar-refractivity contribution in [1.29, 1.82) is 0 Å². The maximum atomic E-state index is 5.81. The summed E-state index contributed by atoms with van der Waals surface area (Å²) in [5, 5.41) is 4.10. The van der Waals surface area contributed by atoms with E-state index in [4.69, 9.17) is 16.3 Å². The van der Waals surface area contributed by atoms with Gasteiger partial charge in [0.15, 0.2) is 0 Å². The van der Waals surface area contributed by atoms with E-state index in [1.807, 2.05) is 24.3 Å². The number of benzene rings is 1. The Bertz CT molecular complexity index is 286. The predicted molar refractivity (Wildman–Crippen MR) is 68.9 cm³/mol. The van der Waals surface area contributed by atoms with E-state index in [1.54, 1.807) is 0 Å². The standard InChI is InChI=1S/C13H20ClNO/c1-3-8-15-9-11(2)16-10-12-4-6-13(14)7-5-12/h4-7,11,15H,3,8-10H2,1-2H3. The monoisotopic (exact) mass is 241 g/mol. The molecule has 0 saturated heterocycles. The van der Waals surface area contributed by atoms with Gasteiger partial charge < -0.3 is 10.1 Å². The second-order valence-electron chi connectivity index (χ2n) is 3.95. The molecule has 16 heavy (non-hydrogen) atoms. The van der Waals surface area contributed by atoms with Gasteiger partial charge in [-0.25, -0.2) is 0 Å². The first-order valence-corrected chi connectivity index (χ1v) is 6.17. The van der Waals surface area contributed by atoms with E-state index < -0.39 is 0 Å². The van der Waals surface area contributed by atoms with Crippen molar-refractivity contribution in [2.24, 2.45) is 0 Å². The van der Waals surface area contributed by atoms with Gasteiger partial charge in [0.1, 0.15) is 0 Å². The van der Waals surface area contributed by atoms with Gasteiger partial charge in [-0.2, -0.15) is 0 Å². The average Bonchev–Trinajstić information content (AvgIpc) is 2.29. The van der Waals surface area contributed by atoms with E-state index in [-0.39, 0.29) is 6.10 Å². The minimum atomic E-state index is 0.238. The molecular formula is C13H20ClNO. The van der Waals surface area contributed by atoms with Gasteiger partial charge in [0.25, 0.3) is 0 Å². The summed E-state index contributed by atoms with van der Waals surface area (Å²) >= 11 is 5.81. The molecule has 0 amide bonds. The SMILES string of the molecule is CCCNCC(C)OCc1ccc(Cl)cc1. The zero-order chi connectivity index (χ0) is 11.8. The van der Waals surface area contributed by atoms with Crippen LogP contribution in [0.15, 0.2) is 24.3 Å². The van der Waals surface area contributed by atoms with Crippen LogP contribution in [-0.2, 0) is 11.3 Å². The van der Waals surface area contributed by atoms with E-state index in [2.05, 4.69) is 19.2 Å². The topological polar surface area (TPSA) is 21.3 Å². The van der Waals surface area contributed by atoms with E-state index in [9.17, 15) is 0 Å². The first kappa shape index (κ1) is 13.5. The van der Waals surface area contributed by atoms with Crippen LogP contribution in [0.1, 0.15) is 25.8 Å². The fourth-order valence-corrected chi connectivity index (χ4v) is 1.49. The van der Waals surface area contributed by atoms with E-state index >= 15 is 0 Å². The summed E-state index contributed by atoms with van der Waals surface area (Å²) in [6, 6.07) is 7.77. The average molecular weight is 242 g/mol. The lowest BCUT2D eigenvalue weighted by molar-refractivity contribution is 0.0533. The zero-order valence-electron chi connectivity index (χ0n) is 10.0. The highest BCUT2D eigenvalue weighted by atomic mass is 35.5. The van der Waals surface area contributed by atoms with Gasteiger partial charge in [-0.1, -0.05) is 30.7 Å². The van der Waals surface area contributed by atoms with E-state index in [0.717, 1.165) is 30.1 Å². The third kappa shape index (κ3) is 5.50. The zero-order valence-corrected chi connectivity index (χ0v) is 10.8. The van der Waals surface area contributed by atoms with Crippen molar-refractivity contribution < 1.29 is 4.74 Å². The smallest absolute Gasteiger partial charge is 0.0721 e. The molecule has 0 heterocycles. The molecule has 0 saturated carbocycles. The molecule has 90 valence electrons. The number of nitrogens with one attached hydrogen (secondary N) is 1. The summed E-state index contributed by atoms with van der Waals surface area (Å²) in [4.78, 5) is 0. The van der Waals surface area contributed by atoms with Gasteiger partial charge in [0.2, 0.25) is 0 Å². The minimum absolute atomic E-state index is 0.238. The summed E-state index contributed by atoms with van der Waals surface area (Å²) in [5.74, 6) is 0. The number of halogens is 1. The molecule has 0 fully saturated rings. The molecule has 1 aromatic rings. The summed E-state index contributed by atoms with van der Waals surface area (Å²) in [7, 11) is 0. The second kappa shape index (κ2) is 7.66. The molecule has 1 N–H and O–H groups in total. The fourth-order valence-electron chi connectivity index (χ4n) is 1.36. The molecule has 2 nitrogen and oxygen atoms in total. The first-order chi connectivity index (χ1) is 7.72.